The van der Waals surface area contributed by atoms with Crippen LogP contribution >= 0.6 is 0 Å². The van der Waals surface area contributed by atoms with Crippen LogP contribution in [0.4, 0.5) is 5.69 Å². The van der Waals surface area contributed by atoms with Crippen molar-refractivity contribution in [1.82, 2.24) is 0 Å². The van der Waals surface area contributed by atoms with E-state index >= 15 is 0 Å². The van der Waals surface area contributed by atoms with Gasteiger partial charge in [0.05, 0.1) is 31.3 Å². The second-order valence-electron chi connectivity index (χ2n) is 5.22. The summed E-state index contributed by atoms with van der Waals surface area (Å²) in [5.74, 6) is 1.23. The van der Waals surface area contributed by atoms with Crippen molar-refractivity contribution in [3.63, 3.8) is 0 Å². The largest absolute Gasteiger partial charge is 0.493 e. The van der Waals surface area contributed by atoms with Crippen LogP contribution in [0.1, 0.15) is 22.8 Å². The lowest BCUT2D eigenvalue weighted by molar-refractivity contribution is -0.386. The topological polar surface area (TPSA) is 70.8 Å². The fourth-order valence-electron chi connectivity index (χ4n) is 2.91. The number of ether oxygens (including phenoxy) is 3. The first-order valence-corrected chi connectivity index (χ1v) is 7.25. The molecular formula is C17H17NO5. The van der Waals surface area contributed by atoms with Gasteiger partial charge in [-0.2, -0.15) is 0 Å². The number of nitrogens with zero attached hydrogens (tertiary/aromatic N) is 1. The van der Waals surface area contributed by atoms with Crippen LogP contribution < -0.4 is 9.47 Å². The Kier molecular flexibility index (Phi) is 4.16. The third kappa shape index (κ3) is 2.73. The quantitative estimate of drug-likeness (QED) is 0.639. The highest BCUT2D eigenvalue weighted by Gasteiger charge is 2.29. The minimum Gasteiger partial charge on any atom is -0.493 e. The van der Waals surface area contributed by atoms with Crippen molar-refractivity contribution in [2.24, 2.45) is 0 Å². The summed E-state index contributed by atoms with van der Waals surface area (Å²) in [6, 6.07) is 10.4. The normalized spacial score (nSPS) is 16.5. The zero-order chi connectivity index (χ0) is 16.4. The summed E-state index contributed by atoms with van der Waals surface area (Å²) in [7, 11) is 3.15. The lowest BCUT2D eigenvalue weighted by Crippen LogP contribution is -2.18. The highest BCUT2D eigenvalue weighted by Crippen LogP contribution is 2.41. The summed E-state index contributed by atoms with van der Waals surface area (Å²) in [6.07, 6.45) is 0.243. The van der Waals surface area contributed by atoms with Gasteiger partial charge in [-0.15, -0.1) is 0 Å². The average molecular weight is 315 g/mol. The number of hydrogen-bond acceptors (Lipinski definition) is 5. The van der Waals surface area contributed by atoms with Crippen LogP contribution in [-0.4, -0.2) is 25.7 Å². The number of benzene rings is 2. The molecule has 0 aromatic heterocycles. The molecule has 6 nitrogen and oxygen atoms in total. The smallest absolute Gasteiger partial charge is 0.275 e. The lowest BCUT2D eigenvalue weighted by atomic mass is 9.91. The minimum absolute atomic E-state index is 0.0557. The Morgan fingerprint density at radius 1 is 1.13 bits per heavy atom. The van der Waals surface area contributed by atoms with E-state index in [1.165, 1.54) is 6.07 Å². The summed E-state index contributed by atoms with van der Waals surface area (Å²) in [4.78, 5) is 10.9. The molecule has 2 aromatic rings. The Labute approximate surface area is 133 Å². The van der Waals surface area contributed by atoms with Crippen molar-refractivity contribution in [3.8, 4) is 11.5 Å². The van der Waals surface area contributed by atoms with E-state index < -0.39 is 6.10 Å². The fourth-order valence-corrected chi connectivity index (χ4v) is 2.91. The van der Waals surface area contributed by atoms with Gasteiger partial charge in [-0.1, -0.05) is 12.1 Å². The van der Waals surface area contributed by atoms with Gasteiger partial charge in [-0.3, -0.25) is 10.1 Å². The second-order valence-corrected chi connectivity index (χ2v) is 5.22. The maximum atomic E-state index is 11.3. The Balaban J connectivity index is 2.14. The van der Waals surface area contributed by atoms with E-state index in [9.17, 15) is 10.1 Å². The summed E-state index contributed by atoms with van der Waals surface area (Å²) < 4.78 is 16.5. The fraction of sp³-hybridized carbons (Fsp3) is 0.294. The number of para-hydroxylation sites is 1. The van der Waals surface area contributed by atoms with Gasteiger partial charge in [0.15, 0.2) is 11.5 Å². The van der Waals surface area contributed by atoms with Gasteiger partial charge >= 0.3 is 0 Å². The van der Waals surface area contributed by atoms with Crippen LogP contribution in [-0.2, 0) is 11.2 Å². The monoisotopic (exact) mass is 315 g/mol. The van der Waals surface area contributed by atoms with Crippen LogP contribution in [0.2, 0.25) is 0 Å². The molecule has 0 bridgehead atoms. The number of hydrogen-bond donors (Lipinski definition) is 0. The number of methoxy groups -OCH3 is 2. The molecule has 1 heterocycles. The summed E-state index contributed by atoms with van der Waals surface area (Å²) in [5.41, 5.74) is 2.53. The molecule has 23 heavy (non-hydrogen) atoms. The molecule has 0 saturated carbocycles. The Hall–Kier alpha value is -2.60. The van der Waals surface area contributed by atoms with E-state index in [1.807, 2.05) is 12.1 Å². The second kappa shape index (κ2) is 6.26. The van der Waals surface area contributed by atoms with Crippen molar-refractivity contribution in [2.45, 2.75) is 12.5 Å². The highest BCUT2D eigenvalue weighted by molar-refractivity contribution is 5.53. The molecule has 2 aromatic carbocycles. The molecule has 0 amide bonds. The van der Waals surface area contributed by atoms with E-state index in [4.69, 9.17) is 14.2 Å². The molecule has 3 rings (SSSR count). The minimum atomic E-state index is -0.486. The van der Waals surface area contributed by atoms with Crippen LogP contribution in [0.3, 0.4) is 0 Å². The first kappa shape index (κ1) is 15.3. The lowest BCUT2D eigenvalue weighted by Gasteiger charge is -2.27. The average Bonchev–Trinajstić information content (AvgIpc) is 2.59. The third-order valence-corrected chi connectivity index (χ3v) is 4.00. The van der Waals surface area contributed by atoms with Crippen molar-refractivity contribution in [3.05, 3.63) is 63.2 Å². The number of rotatable bonds is 4. The molecule has 0 radical (unpaired) electrons. The van der Waals surface area contributed by atoms with Gasteiger partial charge in [0, 0.05) is 6.07 Å². The van der Waals surface area contributed by atoms with E-state index in [0.29, 0.717) is 23.7 Å². The molecule has 0 N–H and O–H groups in total. The molecule has 1 aliphatic rings. The molecule has 1 atom stereocenters. The maximum absolute atomic E-state index is 11.3. The first-order chi connectivity index (χ1) is 11.2. The summed E-state index contributed by atoms with van der Waals surface area (Å²) in [5, 5.41) is 11.3. The summed E-state index contributed by atoms with van der Waals surface area (Å²) in [6.45, 7) is 0.499. The van der Waals surface area contributed by atoms with Crippen molar-refractivity contribution in [1.29, 1.82) is 0 Å². The van der Waals surface area contributed by atoms with Gasteiger partial charge in [-0.25, -0.2) is 0 Å². The Bertz CT molecular complexity index is 744. The van der Waals surface area contributed by atoms with Gasteiger partial charge in [0.25, 0.3) is 5.69 Å². The van der Waals surface area contributed by atoms with Gasteiger partial charge in [0.2, 0.25) is 0 Å². The molecule has 0 aliphatic carbocycles. The molecule has 0 saturated heterocycles. The number of nitro groups is 1. The number of nitro benzene ring substituents is 1. The van der Waals surface area contributed by atoms with Crippen molar-refractivity contribution < 1.29 is 19.1 Å². The van der Waals surface area contributed by atoms with Crippen LogP contribution in [0.15, 0.2) is 36.4 Å². The zero-order valence-electron chi connectivity index (χ0n) is 12.9. The van der Waals surface area contributed by atoms with Crippen LogP contribution in [0, 0.1) is 10.1 Å². The predicted molar refractivity (Wildman–Crippen MR) is 84.1 cm³/mol. The molecule has 0 fully saturated rings. The summed E-state index contributed by atoms with van der Waals surface area (Å²) >= 11 is 0. The van der Waals surface area contributed by atoms with E-state index in [2.05, 4.69) is 0 Å². The standard InChI is InChI=1S/C17H17NO5/c1-21-15-9-11-7-8-23-17(13(11)10-16(15)22-2)12-5-3-4-6-14(12)18(19)20/h3-6,9-10,17H,7-8H2,1-2H3/t17-/m0/s1. The van der Waals surface area contributed by atoms with Crippen molar-refractivity contribution in [2.75, 3.05) is 20.8 Å². The highest BCUT2D eigenvalue weighted by atomic mass is 16.6. The molecular weight excluding hydrogens is 298 g/mol. The van der Waals surface area contributed by atoms with Gasteiger partial charge in [0.1, 0.15) is 6.10 Å². The van der Waals surface area contributed by atoms with E-state index in [1.54, 1.807) is 32.4 Å². The van der Waals surface area contributed by atoms with Crippen LogP contribution in [0.5, 0.6) is 11.5 Å². The molecule has 0 spiro atoms. The SMILES string of the molecule is COc1cc2c(cc1OC)[C@H](c1ccccc1[N+](=O)[O-])OCC2. The zero-order valence-corrected chi connectivity index (χ0v) is 12.9. The molecule has 1 aliphatic heterocycles. The van der Waals surface area contributed by atoms with Crippen LogP contribution in [0.25, 0.3) is 0 Å². The molecule has 0 unspecified atom stereocenters. The maximum Gasteiger partial charge on any atom is 0.275 e. The number of fused-ring (bicyclic) bond motifs is 1. The van der Waals surface area contributed by atoms with Crippen molar-refractivity contribution >= 4 is 5.69 Å². The first-order valence-electron chi connectivity index (χ1n) is 7.25. The third-order valence-electron chi connectivity index (χ3n) is 4.00. The molecule has 6 heteroatoms. The Morgan fingerprint density at radius 2 is 1.83 bits per heavy atom. The van der Waals surface area contributed by atoms with Gasteiger partial charge < -0.3 is 14.2 Å². The molecule has 120 valence electrons. The van der Waals surface area contributed by atoms with E-state index in [0.717, 1.165) is 17.5 Å². The predicted octanol–water partition coefficient (Wildman–Crippen LogP) is 3.27. The Morgan fingerprint density at radius 3 is 2.52 bits per heavy atom. The van der Waals surface area contributed by atoms with E-state index in [-0.39, 0.29) is 10.6 Å². The van der Waals surface area contributed by atoms with Gasteiger partial charge in [-0.05, 0) is 35.7 Å².